The van der Waals surface area contributed by atoms with Crippen molar-refractivity contribution in [3.8, 4) is 11.3 Å². The van der Waals surface area contributed by atoms with E-state index in [4.69, 9.17) is 5.73 Å². The van der Waals surface area contributed by atoms with Crippen molar-refractivity contribution in [1.82, 2.24) is 9.97 Å². The fourth-order valence-corrected chi connectivity index (χ4v) is 1.92. The maximum Gasteiger partial charge on any atom is 0.142 e. The van der Waals surface area contributed by atoms with Gasteiger partial charge in [-0.15, -0.1) is 0 Å². The van der Waals surface area contributed by atoms with Crippen LogP contribution in [0.15, 0.2) is 34.8 Å². The average molecular weight is 278 g/mol. The molecule has 0 aliphatic heterocycles. The van der Waals surface area contributed by atoms with Crippen LogP contribution in [0, 0.1) is 6.92 Å². The molecule has 0 unspecified atom stereocenters. The van der Waals surface area contributed by atoms with Gasteiger partial charge in [0.2, 0.25) is 0 Å². The molecule has 4 heteroatoms. The fraction of sp³-hybridized carbons (Fsp3) is 0.167. The summed E-state index contributed by atoms with van der Waals surface area (Å²) in [5.74, 6) is 0.676. The first kappa shape index (κ1) is 11.2. The summed E-state index contributed by atoms with van der Waals surface area (Å²) in [6.07, 6.45) is 0. The number of benzene rings is 1. The van der Waals surface area contributed by atoms with Crippen molar-refractivity contribution in [2.45, 2.75) is 13.5 Å². The van der Waals surface area contributed by atoms with E-state index in [2.05, 4.69) is 25.9 Å². The van der Waals surface area contributed by atoms with E-state index >= 15 is 0 Å². The Bertz CT molecular complexity index is 511. The van der Waals surface area contributed by atoms with Crippen molar-refractivity contribution < 1.29 is 0 Å². The molecule has 0 radical (unpaired) electrons. The van der Waals surface area contributed by atoms with E-state index < -0.39 is 0 Å². The summed E-state index contributed by atoms with van der Waals surface area (Å²) in [6.45, 7) is 2.31. The van der Waals surface area contributed by atoms with Crippen LogP contribution in [0.5, 0.6) is 0 Å². The van der Waals surface area contributed by atoms with Gasteiger partial charge in [0.05, 0.1) is 12.2 Å². The van der Waals surface area contributed by atoms with Gasteiger partial charge in [0.1, 0.15) is 5.82 Å². The first-order valence-corrected chi connectivity index (χ1v) is 5.79. The van der Waals surface area contributed by atoms with Crippen molar-refractivity contribution in [1.29, 1.82) is 0 Å². The molecule has 0 fully saturated rings. The SMILES string of the molecule is Cc1cc(-c2cccc(Br)c2)nc(CN)n1. The van der Waals surface area contributed by atoms with Crippen LogP contribution in [0.4, 0.5) is 0 Å². The molecule has 16 heavy (non-hydrogen) atoms. The van der Waals surface area contributed by atoms with Gasteiger partial charge in [-0.3, -0.25) is 0 Å². The number of nitrogens with two attached hydrogens (primary N) is 1. The van der Waals surface area contributed by atoms with E-state index in [0.717, 1.165) is 21.4 Å². The van der Waals surface area contributed by atoms with Gasteiger partial charge in [0.25, 0.3) is 0 Å². The van der Waals surface area contributed by atoms with Gasteiger partial charge in [-0.05, 0) is 25.1 Å². The number of hydrogen-bond acceptors (Lipinski definition) is 3. The number of rotatable bonds is 2. The maximum absolute atomic E-state index is 5.56. The van der Waals surface area contributed by atoms with Gasteiger partial charge in [0.15, 0.2) is 0 Å². The summed E-state index contributed by atoms with van der Waals surface area (Å²) in [4.78, 5) is 8.66. The summed E-state index contributed by atoms with van der Waals surface area (Å²) in [6, 6.07) is 9.98. The Morgan fingerprint density at radius 1 is 1.25 bits per heavy atom. The second-order valence-corrected chi connectivity index (χ2v) is 4.44. The number of aryl methyl sites for hydroxylation is 1. The Labute approximate surface area is 103 Å². The molecule has 2 rings (SSSR count). The summed E-state index contributed by atoms with van der Waals surface area (Å²) >= 11 is 3.45. The summed E-state index contributed by atoms with van der Waals surface area (Å²) in [5, 5.41) is 0. The minimum absolute atomic E-state index is 0.364. The Hall–Kier alpha value is -1.26. The minimum Gasteiger partial charge on any atom is -0.324 e. The summed E-state index contributed by atoms with van der Waals surface area (Å²) in [5.41, 5.74) is 8.47. The van der Waals surface area contributed by atoms with Crippen molar-refractivity contribution in [3.63, 3.8) is 0 Å². The highest BCUT2D eigenvalue weighted by molar-refractivity contribution is 9.10. The zero-order valence-corrected chi connectivity index (χ0v) is 10.5. The topological polar surface area (TPSA) is 51.8 Å². The Balaban J connectivity index is 2.51. The van der Waals surface area contributed by atoms with Crippen LogP contribution in [0.3, 0.4) is 0 Å². The maximum atomic E-state index is 5.56. The molecule has 0 atom stereocenters. The van der Waals surface area contributed by atoms with Crippen LogP contribution in [0.2, 0.25) is 0 Å². The van der Waals surface area contributed by atoms with Crippen LogP contribution in [-0.4, -0.2) is 9.97 Å². The van der Waals surface area contributed by atoms with E-state index in [-0.39, 0.29) is 0 Å². The molecule has 1 aromatic carbocycles. The van der Waals surface area contributed by atoms with Crippen molar-refractivity contribution in [2.24, 2.45) is 5.73 Å². The molecule has 0 amide bonds. The van der Waals surface area contributed by atoms with Crippen LogP contribution in [-0.2, 0) is 6.54 Å². The lowest BCUT2D eigenvalue weighted by Crippen LogP contribution is -2.04. The Kier molecular flexibility index (Phi) is 3.31. The fourth-order valence-electron chi connectivity index (χ4n) is 1.52. The molecular formula is C12H12BrN3. The molecule has 0 aliphatic carbocycles. The van der Waals surface area contributed by atoms with Crippen molar-refractivity contribution >= 4 is 15.9 Å². The smallest absolute Gasteiger partial charge is 0.142 e. The third-order valence-corrected chi connectivity index (χ3v) is 2.70. The largest absolute Gasteiger partial charge is 0.324 e. The quantitative estimate of drug-likeness (QED) is 0.918. The molecule has 82 valence electrons. The van der Waals surface area contributed by atoms with Gasteiger partial charge < -0.3 is 5.73 Å². The molecular weight excluding hydrogens is 266 g/mol. The molecule has 2 N–H and O–H groups in total. The third kappa shape index (κ3) is 2.46. The number of nitrogens with zero attached hydrogens (tertiary/aromatic N) is 2. The van der Waals surface area contributed by atoms with Crippen LogP contribution in [0.1, 0.15) is 11.5 Å². The molecule has 3 nitrogen and oxygen atoms in total. The highest BCUT2D eigenvalue weighted by atomic mass is 79.9. The summed E-state index contributed by atoms with van der Waals surface area (Å²) < 4.78 is 1.04. The third-order valence-electron chi connectivity index (χ3n) is 2.20. The van der Waals surface area contributed by atoms with E-state index in [9.17, 15) is 0 Å². The lowest BCUT2D eigenvalue weighted by atomic mass is 10.1. The van der Waals surface area contributed by atoms with Crippen LogP contribution < -0.4 is 5.73 Å². The van der Waals surface area contributed by atoms with Gasteiger partial charge in [-0.1, -0.05) is 28.1 Å². The van der Waals surface area contributed by atoms with E-state index in [1.54, 1.807) is 0 Å². The zero-order valence-electron chi connectivity index (χ0n) is 8.94. The average Bonchev–Trinajstić information content (AvgIpc) is 2.28. The second kappa shape index (κ2) is 4.72. The van der Waals surface area contributed by atoms with Gasteiger partial charge in [-0.2, -0.15) is 0 Å². The molecule has 0 bridgehead atoms. The monoisotopic (exact) mass is 277 g/mol. The first-order chi connectivity index (χ1) is 7.69. The van der Waals surface area contributed by atoms with E-state index in [1.165, 1.54) is 0 Å². The van der Waals surface area contributed by atoms with Gasteiger partial charge in [-0.25, -0.2) is 9.97 Å². The number of hydrogen-bond donors (Lipinski definition) is 1. The highest BCUT2D eigenvalue weighted by Crippen LogP contribution is 2.21. The minimum atomic E-state index is 0.364. The molecule has 0 saturated carbocycles. The van der Waals surface area contributed by atoms with E-state index in [0.29, 0.717) is 12.4 Å². The molecule has 0 spiro atoms. The number of halogens is 1. The normalized spacial score (nSPS) is 10.4. The molecule has 2 aromatic rings. The lowest BCUT2D eigenvalue weighted by molar-refractivity contribution is 0.894. The molecule has 0 aliphatic rings. The Morgan fingerprint density at radius 2 is 2.06 bits per heavy atom. The zero-order chi connectivity index (χ0) is 11.5. The van der Waals surface area contributed by atoms with Crippen LogP contribution >= 0.6 is 15.9 Å². The predicted molar refractivity (Wildman–Crippen MR) is 67.8 cm³/mol. The van der Waals surface area contributed by atoms with Gasteiger partial charge in [0, 0.05) is 15.7 Å². The molecule has 1 heterocycles. The van der Waals surface area contributed by atoms with Gasteiger partial charge >= 0.3 is 0 Å². The first-order valence-electron chi connectivity index (χ1n) is 4.99. The van der Waals surface area contributed by atoms with Crippen molar-refractivity contribution in [2.75, 3.05) is 0 Å². The Morgan fingerprint density at radius 3 is 2.75 bits per heavy atom. The standard InChI is InChI=1S/C12H12BrN3/c1-8-5-11(16-12(7-14)15-8)9-3-2-4-10(13)6-9/h2-6H,7,14H2,1H3. The molecule has 0 saturated heterocycles. The highest BCUT2D eigenvalue weighted by Gasteiger charge is 2.03. The summed E-state index contributed by atoms with van der Waals surface area (Å²) in [7, 11) is 0. The lowest BCUT2D eigenvalue weighted by Gasteiger charge is -2.05. The van der Waals surface area contributed by atoms with Crippen molar-refractivity contribution in [3.05, 3.63) is 46.3 Å². The van der Waals surface area contributed by atoms with E-state index in [1.807, 2.05) is 37.3 Å². The molecule has 1 aromatic heterocycles. The second-order valence-electron chi connectivity index (χ2n) is 3.53. The predicted octanol–water partition coefficient (Wildman–Crippen LogP) is 2.67. The number of aromatic nitrogens is 2. The van der Waals surface area contributed by atoms with Crippen LogP contribution in [0.25, 0.3) is 11.3 Å².